The first-order valence-corrected chi connectivity index (χ1v) is 7.66. The fraction of sp³-hybridized carbons (Fsp3) is 0.900. The number of carbonyl (C=O) groups excluding carboxylic acids is 1. The molecule has 7 nitrogen and oxygen atoms in total. The number of nitrogens with zero attached hydrogens (tertiary/aromatic N) is 2. The highest BCUT2D eigenvalue weighted by Gasteiger charge is 2.26. The Balaban J connectivity index is 2.41. The Morgan fingerprint density at radius 3 is 2.28 bits per heavy atom. The largest absolute Gasteiger partial charge is 0.340 e. The summed E-state index contributed by atoms with van der Waals surface area (Å²) in [5.74, 6) is -0.00924. The van der Waals surface area contributed by atoms with Gasteiger partial charge in [0.1, 0.15) is 0 Å². The Bertz CT molecular complexity index is 377. The van der Waals surface area contributed by atoms with Crippen LogP contribution in [0, 0.1) is 0 Å². The van der Waals surface area contributed by atoms with E-state index in [1.165, 1.54) is 4.31 Å². The highest BCUT2D eigenvalue weighted by molar-refractivity contribution is 7.86. The Kier molecular flexibility index (Phi) is 5.51. The number of nitrogens with two attached hydrogens (primary N) is 2. The second-order valence-corrected chi connectivity index (χ2v) is 6.12. The summed E-state index contributed by atoms with van der Waals surface area (Å²) in [7, 11) is -3.64. The van der Waals surface area contributed by atoms with Crippen LogP contribution in [-0.4, -0.2) is 55.8 Å². The van der Waals surface area contributed by atoms with E-state index in [4.69, 9.17) is 10.9 Å². The molecule has 0 aromatic heterocycles. The average Bonchev–Trinajstić information content (AvgIpc) is 2.28. The second kappa shape index (κ2) is 6.46. The molecule has 0 aromatic rings. The predicted molar refractivity (Wildman–Crippen MR) is 68.8 cm³/mol. The molecule has 1 heterocycles. The fourth-order valence-electron chi connectivity index (χ4n) is 2.02. The smallest absolute Gasteiger partial charge is 0.277 e. The Hall–Kier alpha value is -0.700. The quantitative estimate of drug-likeness (QED) is 0.661. The van der Waals surface area contributed by atoms with Crippen molar-refractivity contribution in [1.29, 1.82) is 0 Å². The molecule has 18 heavy (non-hydrogen) atoms. The van der Waals surface area contributed by atoms with Crippen LogP contribution >= 0.6 is 0 Å². The van der Waals surface area contributed by atoms with Gasteiger partial charge >= 0.3 is 0 Å². The minimum absolute atomic E-state index is 0.00924. The van der Waals surface area contributed by atoms with Gasteiger partial charge in [-0.25, -0.2) is 5.14 Å². The third-order valence-electron chi connectivity index (χ3n) is 3.05. The van der Waals surface area contributed by atoms with Crippen molar-refractivity contribution < 1.29 is 13.2 Å². The molecule has 0 aliphatic carbocycles. The minimum atomic E-state index is -3.64. The summed E-state index contributed by atoms with van der Waals surface area (Å²) >= 11 is 0. The van der Waals surface area contributed by atoms with Crippen molar-refractivity contribution in [2.24, 2.45) is 10.9 Å². The highest BCUT2D eigenvalue weighted by Crippen LogP contribution is 2.08. The van der Waals surface area contributed by atoms with Crippen LogP contribution in [0.4, 0.5) is 0 Å². The first-order chi connectivity index (χ1) is 8.34. The zero-order chi connectivity index (χ0) is 13.8. The molecule has 4 N–H and O–H groups in total. The van der Waals surface area contributed by atoms with Crippen LogP contribution in [0.3, 0.4) is 0 Å². The second-order valence-electron chi connectivity index (χ2n) is 4.58. The summed E-state index contributed by atoms with van der Waals surface area (Å²) in [6.45, 7) is 3.30. The molecule has 8 heteroatoms. The van der Waals surface area contributed by atoms with E-state index in [0.29, 0.717) is 19.5 Å². The van der Waals surface area contributed by atoms with E-state index in [2.05, 4.69) is 0 Å². The molecule has 1 atom stereocenters. The molecule has 106 valence electrons. The van der Waals surface area contributed by atoms with Gasteiger partial charge in [-0.15, -0.1) is 0 Å². The molecule has 0 saturated carbocycles. The molecule has 0 bridgehead atoms. The number of hydrogen-bond acceptors (Lipinski definition) is 4. The lowest BCUT2D eigenvalue weighted by Crippen LogP contribution is -2.52. The summed E-state index contributed by atoms with van der Waals surface area (Å²) in [6.07, 6.45) is 2.10. The van der Waals surface area contributed by atoms with E-state index in [1.807, 2.05) is 6.92 Å². The third-order valence-corrected chi connectivity index (χ3v) is 4.13. The molecule has 1 unspecified atom stereocenters. The topological polar surface area (TPSA) is 110 Å². The number of hydrogen-bond donors (Lipinski definition) is 2. The number of amides is 1. The summed E-state index contributed by atoms with van der Waals surface area (Å²) in [4.78, 5) is 13.5. The van der Waals surface area contributed by atoms with Gasteiger partial charge in [0, 0.05) is 38.6 Å². The van der Waals surface area contributed by atoms with Gasteiger partial charge in [-0.05, 0) is 6.42 Å². The first-order valence-electron chi connectivity index (χ1n) is 6.15. The molecule has 0 spiro atoms. The van der Waals surface area contributed by atoms with E-state index in [9.17, 15) is 13.2 Å². The van der Waals surface area contributed by atoms with Crippen molar-refractivity contribution in [2.75, 3.05) is 26.2 Å². The van der Waals surface area contributed by atoms with Gasteiger partial charge in [0.05, 0.1) is 0 Å². The van der Waals surface area contributed by atoms with Gasteiger partial charge in [0.2, 0.25) is 5.91 Å². The zero-order valence-electron chi connectivity index (χ0n) is 10.7. The maximum Gasteiger partial charge on any atom is 0.277 e. The van der Waals surface area contributed by atoms with Crippen LogP contribution in [0.2, 0.25) is 0 Å². The van der Waals surface area contributed by atoms with Crippen LogP contribution in [0.15, 0.2) is 0 Å². The lowest BCUT2D eigenvalue weighted by atomic mass is 10.1. The molecule has 1 saturated heterocycles. The van der Waals surface area contributed by atoms with Crippen LogP contribution in [0.5, 0.6) is 0 Å². The highest BCUT2D eigenvalue weighted by atomic mass is 32.2. The van der Waals surface area contributed by atoms with Crippen LogP contribution in [0.25, 0.3) is 0 Å². The van der Waals surface area contributed by atoms with Crippen molar-refractivity contribution >= 4 is 16.1 Å². The molecule has 1 rings (SSSR count). The van der Waals surface area contributed by atoms with Gasteiger partial charge in [0.15, 0.2) is 0 Å². The Morgan fingerprint density at radius 1 is 1.28 bits per heavy atom. The molecule has 0 radical (unpaired) electrons. The van der Waals surface area contributed by atoms with Crippen molar-refractivity contribution in [3.63, 3.8) is 0 Å². The van der Waals surface area contributed by atoms with Gasteiger partial charge in [-0.3, -0.25) is 4.79 Å². The summed E-state index contributed by atoms with van der Waals surface area (Å²) < 4.78 is 23.4. The molecule has 1 aliphatic rings. The van der Waals surface area contributed by atoms with Crippen LogP contribution in [-0.2, 0) is 15.0 Å². The molecular formula is C10H22N4O3S. The summed E-state index contributed by atoms with van der Waals surface area (Å²) in [6, 6.07) is -0.112. The Labute approximate surface area is 108 Å². The number of carbonyl (C=O) groups is 1. The van der Waals surface area contributed by atoms with E-state index in [0.717, 1.165) is 12.8 Å². The standard InChI is InChI=1S/C10H22N4O3S/c1-2-3-9(11)8-10(15)13-4-6-14(7-5-13)18(12,16)17/h9H,2-8,11H2,1H3,(H2,12,16,17). The molecular weight excluding hydrogens is 256 g/mol. The maximum atomic E-state index is 11.9. The lowest BCUT2D eigenvalue weighted by Gasteiger charge is -2.33. The summed E-state index contributed by atoms with van der Waals surface area (Å²) in [5.41, 5.74) is 5.81. The molecule has 1 amide bonds. The van der Waals surface area contributed by atoms with Crippen molar-refractivity contribution in [2.45, 2.75) is 32.2 Å². The Morgan fingerprint density at radius 2 is 1.83 bits per heavy atom. The van der Waals surface area contributed by atoms with E-state index in [1.54, 1.807) is 4.90 Å². The van der Waals surface area contributed by atoms with Gasteiger partial charge in [-0.2, -0.15) is 12.7 Å². The normalized spacial score (nSPS) is 19.8. The maximum absolute atomic E-state index is 11.9. The van der Waals surface area contributed by atoms with Crippen molar-refractivity contribution in [3.8, 4) is 0 Å². The average molecular weight is 278 g/mol. The zero-order valence-corrected chi connectivity index (χ0v) is 11.5. The number of piperazine rings is 1. The van der Waals surface area contributed by atoms with Gasteiger partial charge in [-0.1, -0.05) is 13.3 Å². The monoisotopic (exact) mass is 278 g/mol. The summed E-state index contributed by atoms with van der Waals surface area (Å²) in [5, 5.41) is 5.03. The number of rotatable bonds is 5. The minimum Gasteiger partial charge on any atom is -0.340 e. The predicted octanol–water partition coefficient (Wildman–Crippen LogP) is -1.15. The van der Waals surface area contributed by atoms with E-state index >= 15 is 0 Å². The van der Waals surface area contributed by atoms with Crippen molar-refractivity contribution in [1.82, 2.24) is 9.21 Å². The van der Waals surface area contributed by atoms with Crippen LogP contribution in [0.1, 0.15) is 26.2 Å². The van der Waals surface area contributed by atoms with Crippen molar-refractivity contribution in [3.05, 3.63) is 0 Å². The lowest BCUT2D eigenvalue weighted by molar-refractivity contribution is -0.132. The third kappa shape index (κ3) is 4.52. The van der Waals surface area contributed by atoms with E-state index < -0.39 is 10.2 Å². The van der Waals surface area contributed by atoms with Gasteiger partial charge in [0.25, 0.3) is 10.2 Å². The molecule has 1 fully saturated rings. The SMILES string of the molecule is CCCC(N)CC(=O)N1CCN(S(N)(=O)=O)CC1. The van der Waals surface area contributed by atoms with E-state index in [-0.39, 0.29) is 25.0 Å². The molecule has 0 aromatic carbocycles. The van der Waals surface area contributed by atoms with Crippen LogP contribution < -0.4 is 10.9 Å². The first kappa shape index (κ1) is 15.4. The molecule has 1 aliphatic heterocycles. The fourth-order valence-corrected chi connectivity index (χ4v) is 2.69. The van der Waals surface area contributed by atoms with Gasteiger partial charge < -0.3 is 10.6 Å².